The molecular weight excluding hydrogens is 348 g/mol. The fourth-order valence-corrected chi connectivity index (χ4v) is 4.77. The van der Waals surface area contributed by atoms with Gasteiger partial charge in [0, 0.05) is 30.6 Å². The van der Waals surface area contributed by atoms with Crippen molar-refractivity contribution in [3.63, 3.8) is 0 Å². The Kier molecular flexibility index (Phi) is 4.73. The third-order valence-corrected chi connectivity index (χ3v) is 5.99. The van der Waals surface area contributed by atoms with Crippen LogP contribution in [0.4, 0.5) is 0 Å². The van der Waals surface area contributed by atoms with Gasteiger partial charge in [0.2, 0.25) is 0 Å². The van der Waals surface area contributed by atoms with Gasteiger partial charge in [-0.25, -0.2) is 0 Å². The molecule has 0 atom stereocenters. The van der Waals surface area contributed by atoms with Crippen LogP contribution in [-0.4, -0.2) is 30.9 Å². The molecule has 146 valence electrons. The number of nitrogens with zero attached hydrogens (tertiary/aromatic N) is 1. The van der Waals surface area contributed by atoms with Crippen LogP contribution in [-0.2, 0) is 25.8 Å². The number of fused-ring (bicyclic) bond motifs is 3. The molecule has 3 aromatic rings. The van der Waals surface area contributed by atoms with Gasteiger partial charge in [0.15, 0.2) is 0 Å². The second-order valence-corrected chi connectivity index (χ2v) is 7.89. The Morgan fingerprint density at radius 2 is 1.89 bits per heavy atom. The highest BCUT2D eigenvalue weighted by atomic mass is 16.5. The van der Waals surface area contributed by atoms with Crippen LogP contribution in [0.3, 0.4) is 0 Å². The fourth-order valence-electron chi connectivity index (χ4n) is 4.77. The Labute approximate surface area is 166 Å². The first-order chi connectivity index (χ1) is 13.8. The van der Waals surface area contributed by atoms with Gasteiger partial charge in [0.25, 0.3) is 0 Å². The van der Waals surface area contributed by atoms with E-state index in [-0.39, 0.29) is 0 Å². The molecule has 2 aliphatic rings. The van der Waals surface area contributed by atoms with E-state index >= 15 is 0 Å². The van der Waals surface area contributed by atoms with E-state index < -0.39 is 0 Å². The zero-order valence-electron chi connectivity index (χ0n) is 16.6. The van der Waals surface area contributed by atoms with Crippen LogP contribution >= 0.6 is 0 Å². The summed E-state index contributed by atoms with van der Waals surface area (Å²) in [6.45, 7) is 6.44. The molecule has 0 radical (unpaired) electrons. The molecule has 4 heteroatoms. The second-order valence-electron chi connectivity index (χ2n) is 7.89. The fraction of sp³-hybridized carbons (Fsp3) is 0.417. The summed E-state index contributed by atoms with van der Waals surface area (Å²) >= 11 is 0. The summed E-state index contributed by atoms with van der Waals surface area (Å²) < 4.78 is 14.7. The van der Waals surface area contributed by atoms with E-state index in [1.807, 2.05) is 12.1 Å². The van der Waals surface area contributed by atoms with Crippen molar-refractivity contribution in [1.29, 1.82) is 0 Å². The lowest BCUT2D eigenvalue weighted by Crippen LogP contribution is -2.18. The Hall–Kier alpha value is -2.46. The lowest BCUT2D eigenvalue weighted by atomic mass is 10.0. The molecule has 0 bridgehead atoms. The van der Waals surface area contributed by atoms with Crippen LogP contribution in [0.5, 0.6) is 11.5 Å². The van der Waals surface area contributed by atoms with Gasteiger partial charge in [-0.05, 0) is 67.6 Å². The molecule has 3 heterocycles. The third kappa shape index (κ3) is 3.16. The predicted octanol–water partition coefficient (Wildman–Crippen LogP) is 4.04. The van der Waals surface area contributed by atoms with E-state index in [2.05, 4.69) is 41.1 Å². The summed E-state index contributed by atoms with van der Waals surface area (Å²) in [7, 11) is 0. The number of hydrogen-bond donors (Lipinski definition) is 1. The maximum absolute atomic E-state index is 6.26. The largest absolute Gasteiger partial charge is 0.490 e. The minimum absolute atomic E-state index is 0.553. The van der Waals surface area contributed by atoms with Crippen LogP contribution < -0.4 is 14.8 Å². The SMILES string of the molecule is Cc1cccc(OCCOc2ccc3c4c2c2c(n4CCC3)CCNCC2)c1. The molecule has 5 rings (SSSR count). The number of aryl methyl sites for hydroxylation is 3. The molecular formula is C24H28N2O2. The highest BCUT2D eigenvalue weighted by Crippen LogP contribution is 2.39. The number of ether oxygens (including phenoxy) is 2. The van der Waals surface area contributed by atoms with E-state index in [0.717, 1.165) is 44.0 Å². The summed E-state index contributed by atoms with van der Waals surface area (Å²) in [5.74, 6) is 1.93. The van der Waals surface area contributed by atoms with Crippen LogP contribution in [0, 0.1) is 6.92 Å². The minimum Gasteiger partial charge on any atom is -0.490 e. The van der Waals surface area contributed by atoms with Gasteiger partial charge in [-0.15, -0.1) is 0 Å². The van der Waals surface area contributed by atoms with E-state index in [1.165, 1.54) is 46.1 Å². The molecule has 0 saturated heterocycles. The van der Waals surface area contributed by atoms with E-state index in [0.29, 0.717) is 13.2 Å². The lowest BCUT2D eigenvalue weighted by molar-refractivity contribution is 0.218. The van der Waals surface area contributed by atoms with E-state index in [4.69, 9.17) is 9.47 Å². The Morgan fingerprint density at radius 3 is 2.82 bits per heavy atom. The molecule has 28 heavy (non-hydrogen) atoms. The van der Waals surface area contributed by atoms with Gasteiger partial charge < -0.3 is 19.4 Å². The summed E-state index contributed by atoms with van der Waals surface area (Å²) in [5, 5.41) is 4.90. The first-order valence-corrected chi connectivity index (χ1v) is 10.5. The second kappa shape index (κ2) is 7.51. The van der Waals surface area contributed by atoms with Gasteiger partial charge in [0.05, 0.1) is 5.52 Å². The number of aromatic nitrogens is 1. The summed E-state index contributed by atoms with van der Waals surface area (Å²) in [6, 6.07) is 12.6. The smallest absolute Gasteiger partial charge is 0.129 e. The molecule has 0 unspecified atom stereocenters. The maximum Gasteiger partial charge on any atom is 0.129 e. The first-order valence-electron chi connectivity index (χ1n) is 10.5. The van der Waals surface area contributed by atoms with Gasteiger partial charge in [-0.2, -0.15) is 0 Å². The van der Waals surface area contributed by atoms with Crippen LogP contribution in [0.15, 0.2) is 36.4 Å². The van der Waals surface area contributed by atoms with Crippen LogP contribution in [0.2, 0.25) is 0 Å². The molecule has 0 fully saturated rings. The Morgan fingerprint density at radius 1 is 1.00 bits per heavy atom. The summed E-state index contributed by atoms with van der Waals surface area (Å²) in [4.78, 5) is 0. The summed E-state index contributed by atoms with van der Waals surface area (Å²) in [6.07, 6.45) is 4.60. The van der Waals surface area contributed by atoms with Crippen molar-refractivity contribution in [2.75, 3.05) is 26.3 Å². The molecule has 2 aromatic carbocycles. The van der Waals surface area contributed by atoms with Crippen LogP contribution in [0.25, 0.3) is 10.9 Å². The Bertz CT molecular complexity index is 1010. The zero-order chi connectivity index (χ0) is 18.9. The van der Waals surface area contributed by atoms with Crippen molar-refractivity contribution in [1.82, 2.24) is 9.88 Å². The molecule has 4 nitrogen and oxygen atoms in total. The van der Waals surface area contributed by atoms with Gasteiger partial charge >= 0.3 is 0 Å². The molecule has 0 spiro atoms. The van der Waals surface area contributed by atoms with Gasteiger partial charge in [-0.1, -0.05) is 18.2 Å². The van der Waals surface area contributed by atoms with Gasteiger partial charge in [-0.3, -0.25) is 0 Å². The van der Waals surface area contributed by atoms with E-state index in [1.54, 1.807) is 0 Å². The molecule has 0 saturated carbocycles. The number of benzene rings is 2. The normalized spacial score (nSPS) is 15.9. The monoisotopic (exact) mass is 376 g/mol. The Balaban J connectivity index is 1.41. The predicted molar refractivity (Wildman–Crippen MR) is 113 cm³/mol. The van der Waals surface area contributed by atoms with E-state index in [9.17, 15) is 0 Å². The standard InChI is InChI=1S/C24H28N2O2/c1-17-4-2-6-19(16-17)27-14-15-28-22-8-7-18-5-3-13-26-21-10-12-25-11-9-20(21)23(22)24(18)26/h2,4,6-8,16,25H,3,5,9-15H2,1H3. The highest BCUT2D eigenvalue weighted by Gasteiger charge is 2.25. The third-order valence-electron chi connectivity index (χ3n) is 5.99. The topological polar surface area (TPSA) is 35.4 Å². The first kappa shape index (κ1) is 17.6. The molecule has 1 aromatic heterocycles. The van der Waals surface area contributed by atoms with Crippen molar-refractivity contribution < 1.29 is 9.47 Å². The minimum atomic E-state index is 0.553. The average Bonchev–Trinajstić information content (AvgIpc) is 2.87. The van der Waals surface area contributed by atoms with Crippen LogP contribution in [0.1, 0.15) is 28.8 Å². The molecule has 2 aliphatic heterocycles. The quantitative estimate of drug-likeness (QED) is 0.683. The van der Waals surface area contributed by atoms with Crippen molar-refractivity contribution in [2.24, 2.45) is 0 Å². The molecule has 0 amide bonds. The maximum atomic E-state index is 6.26. The number of nitrogens with one attached hydrogen (secondary N) is 1. The summed E-state index contributed by atoms with van der Waals surface area (Å²) in [5.41, 5.74) is 7.13. The lowest BCUT2D eigenvalue weighted by Gasteiger charge is -2.19. The molecule has 1 N–H and O–H groups in total. The average molecular weight is 377 g/mol. The van der Waals surface area contributed by atoms with Gasteiger partial charge in [0.1, 0.15) is 24.7 Å². The van der Waals surface area contributed by atoms with Crippen molar-refractivity contribution in [3.8, 4) is 11.5 Å². The van der Waals surface area contributed by atoms with Crippen molar-refractivity contribution in [2.45, 2.75) is 39.2 Å². The number of hydrogen-bond acceptors (Lipinski definition) is 3. The number of rotatable bonds is 5. The highest BCUT2D eigenvalue weighted by molar-refractivity contribution is 5.94. The molecule has 0 aliphatic carbocycles. The van der Waals surface area contributed by atoms with Crippen molar-refractivity contribution >= 4 is 10.9 Å². The zero-order valence-corrected chi connectivity index (χ0v) is 16.6. The van der Waals surface area contributed by atoms with Crippen molar-refractivity contribution in [3.05, 3.63) is 58.8 Å².